The Bertz CT molecular complexity index is 1090. The van der Waals surface area contributed by atoms with Gasteiger partial charge in [-0.25, -0.2) is 9.78 Å². The average molecular weight is 375 g/mol. The van der Waals surface area contributed by atoms with Crippen molar-refractivity contribution in [2.24, 2.45) is 0 Å². The number of anilines is 1. The highest BCUT2D eigenvalue weighted by atomic mass is 35.5. The topological polar surface area (TPSA) is 117 Å². The van der Waals surface area contributed by atoms with Crippen LogP contribution >= 0.6 is 11.6 Å². The second-order valence-corrected chi connectivity index (χ2v) is 5.91. The van der Waals surface area contributed by atoms with Crippen LogP contribution in [0.5, 0.6) is 0 Å². The van der Waals surface area contributed by atoms with Gasteiger partial charge in [-0.2, -0.15) is 0 Å². The molecule has 0 bridgehead atoms. The van der Waals surface area contributed by atoms with Crippen LogP contribution in [0.15, 0.2) is 40.1 Å². The summed E-state index contributed by atoms with van der Waals surface area (Å²) >= 11 is 6.14. The summed E-state index contributed by atoms with van der Waals surface area (Å²) in [6, 6.07) is 7.15. The normalized spacial score (nSPS) is 10.7. The lowest BCUT2D eigenvalue weighted by atomic mass is 10.1. The van der Waals surface area contributed by atoms with Gasteiger partial charge in [0.1, 0.15) is 12.3 Å². The van der Waals surface area contributed by atoms with Crippen molar-refractivity contribution in [2.75, 3.05) is 5.32 Å². The maximum absolute atomic E-state index is 12.3. The summed E-state index contributed by atoms with van der Waals surface area (Å²) in [6.45, 7) is 1.46. The fraction of sp³-hybridized carbons (Fsp3) is 0.176. The van der Waals surface area contributed by atoms with Gasteiger partial charge >= 0.3 is 11.7 Å². The smallest absolute Gasteiger partial charge is 0.327 e. The van der Waals surface area contributed by atoms with Gasteiger partial charge in [0.2, 0.25) is 0 Å². The Balaban J connectivity index is 2.07. The van der Waals surface area contributed by atoms with Crippen molar-refractivity contribution >= 4 is 34.3 Å². The number of halogens is 1. The summed E-state index contributed by atoms with van der Waals surface area (Å²) < 4.78 is 5.04. The lowest BCUT2D eigenvalue weighted by Gasteiger charge is -2.14. The lowest BCUT2D eigenvalue weighted by molar-refractivity contribution is -0.142. The molecule has 3 N–H and O–H groups in total. The summed E-state index contributed by atoms with van der Waals surface area (Å²) in [4.78, 5) is 43.7. The van der Waals surface area contributed by atoms with E-state index in [2.05, 4.69) is 20.3 Å². The van der Waals surface area contributed by atoms with Gasteiger partial charge < -0.3 is 10.1 Å². The van der Waals surface area contributed by atoms with E-state index in [1.54, 1.807) is 18.2 Å². The number of nitrogens with one attached hydrogen (secondary N) is 3. The SMILES string of the molecule is CC(=O)OCc1cnc2[nH]c(=O)[nH]c(=O)c2c1CNc1ccccc1Cl. The molecule has 0 amide bonds. The summed E-state index contributed by atoms with van der Waals surface area (Å²) in [5.74, 6) is -0.453. The number of fused-ring (bicyclic) bond motifs is 1. The number of benzene rings is 1. The first-order valence-corrected chi connectivity index (χ1v) is 8.08. The molecule has 0 spiro atoms. The maximum Gasteiger partial charge on any atom is 0.327 e. The first-order chi connectivity index (χ1) is 12.5. The Hall–Kier alpha value is -3.13. The molecule has 0 saturated carbocycles. The van der Waals surface area contributed by atoms with Gasteiger partial charge in [0.05, 0.1) is 16.1 Å². The second-order valence-electron chi connectivity index (χ2n) is 5.51. The number of hydrogen-bond acceptors (Lipinski definition) is 6. The van der Waals surface area contributed by atoms with Crippen LogP contribution in [-0.2, 0) is 22.7 Å². The molecule has 0 fully saturated rings. The molecule has 0 aliphatic heterocycles. The number of carbonyl (C=O) groups excluding carboxylic acids is 1. The van der Waals surface area contributed by atoms with Gasteiger partial charge in [0.15, 0.2) is 0 Å². The minimum Gasteiger partial charge on any atom is -0.461 e. The molecule has 9 heteroatoms. The van der Waals surface area contributed by atoms with E-state index < -0.39 is 17.2 Å². The number of hydrogen-bond donors (Lipinski definition) is 3. The Kier molecular flexibility index (Phi) is 5.04. The molecule has 1 aromatic carbocycles. The molecule has 0 aliphatic carbocycles. The first-order valence-electron chi connectivity index (χ1n) is 7.70. The molecule has 2 heterocycles. The second kappa shape index (κ2) is 7.40. The van der Waals surface area contributed by atoms with E-state index >= 15 is 0 Å². The molecular formula is C17H15ClN4O4. The van der Waals surface area contributed by atoms with Crippen LogP contribution in [0.3, 0.4) is 0 Å². The predicted octanol–water partition coefficient (Wildman–Crippen LogP) is 1.94. The molecule has 0 unspecified atom stereocenters. The van der Waals surface area contributed by atoms with Gasteiger partial charge in [-0.05, 0) is 17.7 Å². The number of H-pyrrole nitrogens is 2. The van der Waals surface area contributed by atoms with Crippen LogP contribution in [0.2, 0.25) is 5.02 Å². The molecule has 3 rings (SSSR count). The monoisotopic (exact) mass is 374 g/mol. The van der Waals surface area contributed by atoms with E-state index in [1.165, 1.54) is 13.1 Å². The van der Waals surface area contributed by atoms with E-state index in [-0.39, 0.29) is 24.2 Å². The number of aromatic nitrogens is 3. The quantitative estimate of drug-likeness (QED) is 0.587. The molecule has 0 atom stereocenters. The highest BCUT2D eigenvalue weighted by Gasteiger charge is 2.14. The average Bonchev–Trinajstić information content (AvgIpc) is 2.59. The highest BCUT2D eigenvalue weighted by molar-refractivity contribution is 6.33. The van der Waals surface area contributed by atoms with Crippen LogP contribution in [-0.4, -0.2) is 20.9 Å². The van der Waals surface area contributed by atoms with Gasteiger partial charge in [0.25, 0.3) is 5.56 Å². The Morgan fingerprint density at radius 2 is 2.04 bits per heavy atom. The minimum atomic E-state index is -0.646. The summed E-state index contributed by atoms with van der Waals surface area (Å²) in [5, 5.41) is 3.89. The van der Waals surface area contributed by atoms with E-state index in [9.17, 15) is 14.4 Å². The third kappa shape index (κ3) is 3.75. The number of nitrogens with zero attached hydrogens (tertiary/aromatic N) is 1. The largest absolute Gasteiger partial charge is 0.461 e. The molecule has 26 heavy (non-hydrogen) atoms. The van der Waals surface area contributed by atoms with Crippen molar-refractivity contribution in [2.45, 2.75) is 20.1 Å². The lowest BCUT2D eigenvalue weighted by Crippen LogP contribution is -2.24. The zero-order chi connectivity index (χ0) is 18.7. The molecule has 8 nitrogen and oxygen atoms in total. The summed E-state index contributed by atoms with van der Waals surface area (Å²) in [6.07, 6.45) is 1.46. The van der Waals surface area contributed by atoms with Crippen LogP contribution < -0.4 is 16.6 Å². The molecule has 3 aromatic rings. The summed E-state index contributed by atoms with van der Waals surface area (Å²) in [5.41, 5.74) is 0.711. The summed E-state index contributed by atoms with van der Waals surface area (Å²) in [7, 11) is 0. The van der Waals surface area contributed by atoms with Crippen molar-refractivity contribution in [3.05, 3.63) is 67.4 Å². The van der Waals surface area contributed by atoms with Crippen molar-refractivity contribution < 1.29 is 9.53 Å². The van der Waals surface area contributed by atoms with Gasteiger partial charge in [0, 0.05) is 25.2 Å². The zero-order valence-electron chi connectivity index (χ0n) is 13.8. The third-order valence-electron chi connectivity index (χ3n) is 3.72. The van der Waals surface area contributed by atoms with Crippen molar-refractivity contribution in [1.82, 2.24) is 15.0 Å². The van der Waals surface area contributed by atoms with Crippen LogP contribution in [0, 0.1) is 0 Å². The Morgan fingerprint density at radius 3 is 2.77 bits per heavy atom. The third-order valence-corrected chi connectivity index (χ3v) is 4.05. The Labute approximate surface area is 152 Å². The number of aromatic amines is 2. The Morgan fingerprint density at radius 1 is 1.27 bits per heavy atom. The van der Waals surface area contributed by atoms with Crippen molar-refractivity contribution in [3.63, 3.8) is 0 Å². The van der Waals surface area contributed by atoms with Crippen LogP contribution in [0.25, 0.3) is 11.0 Å². The molecule has 2 aromatic heterocycles. The number of pyridine rings is 1. The molecular weight excluding hydrogens is 360 g/mol. The highest BCUT2D eigenvalue weighted by Crippen LogP contribution is 2.23. The fourth-order valence-electron chi connectivity index (χ4n) is 2.53. The molecule has 0 aliphatic rings. The van der Waals surface area contributed by atoms with Gasteiger partial charge in [-0.15, -0.1) is 0 Å². The number of carbonyl (C=O) groups is 1. The molecule has 0 radical (unpaired) electrons. The molecule has 134 valence electrons. The predicted molar refractivity (Wildman–Crippen MR) is 97.2 cm³/mol. The number of ether oxygens (including phenoxy) is 1. The number of esters is 1. The first kappa shape index (κ1) is 17.7. The van der Waals surface area contributed by atoms with Gasteiger partial charge in [-0.3, -0.25) is 19.6 Å². The van der Waals surface area contributed by atoms with E-state index in [0.29, 0.717) is 21.8 Å². The van der Waals surface area contributed by atoms with E-state index in [1.807, 2.05) is 6.07 Å². The van der Waals surface area contributed by atoms with E-state index in [0.717, 1.165) is 0 Å². The minimum absolute atomic E-state index is 0.0453. The van der Waals surface area contributed by atoms with Crippen molar-refractivity contribution in [3.8, 4) is 0 Å². The van der Waals surface area contributed by atoms with Crippen LogP contribution in [0.1, 0.15) is 18.1 Å². The van der Waals surface area contributed by atoms with Gasteiger partial charge in [-0.1, -0.05) is 23.7 Å². The van der Waals surface area contributed by atoms with Crippen molar-refractivity contribution in [1.29, 1.82) is 0 Å². The molecule has 0 saturated heterocycles. The number of rotatable bonds is 5. The van der Waals surface area contributed by atoms with E-state index in [4.69, 9.17) is 16.3 Å². The fourth-order valence-corrected chi connectivity index (χ4v) is 2.73. The number of para-hydroxylation sites is 1. The standard InChI is InChI=1S/C17H15ClN4O4/c1-9(23)26-8-10-6-20-15-14(16(24)22-17(25)21-15)11(10)7-19-13-5-3-2-4-12(13)18/h2-6,19H,7-8H2,1H3,(H2,20,21,22,24,25). The zero-order valence-corrected chi connectivity index (χ0v) is 14.5. The van der Waals surface area contributed by atoms with Crippen LogP contribution in [0.4, 0.5) is 5.69 Å². The maximum atomic E-state index is 12.3.